The van der Waals surface area contributed by atoms with Crippen LogP contribution in [0.25, 0.3) is 0 Å². The van der Waals surface area contributed by atoms with E-state index in [9.17, 15) is 0 Å². The molecule has 1 atom stereocenters. The Balaban J connectivity index is 2.23. The minimum absolute atomic E-state index is 0.507. The molecule has 0 spiro atoms. The molecule has 88 valence electrons. The third-order valence-corrected chi connectivity index (χ3v) is 3.59. The van der Waals surface area contributed by atoms with Gasteiger partial charge < -0.3 is 15.5 Å². The quantitative estimate of drug-likeness (QED) is 0.802. The summed E-state index contributed by atoms with van der Waals surface area (Å²) in [6.07, 6.45) is 1.16. The van der Waals surface area contributed by atoms with Crippen LogP contribution >= 0.6 is 11.6 Å². The average Bonchev–Trinajstić information content (AvgIpc) is 2.64. The Morgan fingerprint density at radius 2 is 2.25 bits per heavy atom. The molecular weight excluding hydrogens is 222 g/mol. The van der Waals surface area contributed by atoms with Gasteiger partial charge in [-0.3, -0.25) is 0 Å². The fraction of sp³-hybridized carbons (Fsp3) is 0.500. The van der Waals surface area contributed by atoms with Crippen molar-refractivity contribution in [2.75, 3.05) is 37.8 Å². The topological polar surface area (TPSA) is 32.5 Å². The zero-order chi connectivity index (χ0) is 11.7. The van der Waals surface area contributed by atoms with Crippen molar-refractivity contribution in [3.63, 3.8) is 0 Å². The zero-order valence-corrected chi connectivity index (χ0v) is 10.5. The molecule has 1 saturated heterocycles. The normalized spacial score (nSPS) is 21.3. The molecule has 0 bridgehead atoms. The molecule has 3 nitrogen and oxygen atoms in total. The number of nitrogen functional groups attached to an aromatic ring is 1. The molecule has 1 aromatic carbocycles. The lowest BCUT2D eigenvalue weighted by Crippen LogP contribution is -2.34. The van der Waals surface area contributed by atoms with Gasteiger partial charge in [-0.2, -0.15) is 0 Å². The second kappa shape index (κ2) is 4.52. The predicted octanol–water partition coefficient (Wildman–Crippen LogP) is 2.06. The zero-order valence-electron chi connectivity index (χ0n) is 9.78. The predicted molar refractivity (Wildman–Crippen MR) is 70.2 cm³/mol. The van der Waals surface area contributed by atoms with Crippen LogP contribution in [0.3, 0.4) is 0 Å². The highest BCUT2D eigenvalue weighted by atomic mass is 35.5. The van der Waals surface area contributed by atoms with Gasteiger partial charge in [-0.25, -0.2) is 0 Å². The van der Waals surface area contributed by atoms with Crippen LogP contribution in [0.2, 0.25) is 5.02 Å². The molecule has 1 aromatic rings. The van der Waals surface area contributed by atoms with Crippen molar-refractivity contribution in [3.05, 3.63) is 23.2 Å². The van der Waals surface area contributed by atoms with Gasteiger partial charge in [-0.1, -0.05) is 17.7 Å². The van der Waals surface area contributed by atoms with Crippen LogP contribution in [-0.2, 0) is 0 Å². The first-order valence-corrected chi connectivity index (χ1v) is 5.92. The number of hydrogen-bond acceptors (Lipinski definition) is 3. The number of likely N-dealkylation sites (N-methyl/N-ethyl adjacent to an activating group) is 2. The fourth-order valence-electron chi connectivity index (χ4n) is 2.31. The molecule has 0 aliphatic carbocycles. The largest absolute Gasteiger partial charge is 0.397 e. The van der Waals surface area contributed by atoms with Gasteiger partial charge in [0.25, 0.3) is 0 Å². The van der Waals surface area contributed by atoms with E-state index in [1.54, 1.807) is 0 Å². The van der Waals surface area contributed by atoms with Crippen LogP contribution in [-0.4, -0.2) is 38.1 Å². The Bertz CT molecular complexity index is 360. The van der Waals surface area contributed by atoms with Gasteiger partial charge in [0, 0.05) is 19.6 Å². The molecular formula is C12H18ClN3. The maximum absolute atomic E-state index is 6.20. The second-order valence-electron chi connectivity index (χ2n) is 4.49. The SMILES string of the molecule is CN1CCC(N(C)c2c(N)cccc2Cl)C1. The number of nitrogens with zero attached hydrogens (tertiary/aromatic N) is 2. The van der Waals surface area contributed by atoms with Crippen LogP contribution in [0.1, 0.15) is 6.42 Å². The number of rotatable bonds is 2. The number of likely N-dealkylation sites (tertiary alicyclic amines) is 1. The molecule has 1 aliphatic rings. The van der Waals surface area contributed by atoms with Gasteiger partial charge in [0.05, 0.1) is 16.4 Å². The lowest BCUT2D eigenvalue weighted by molar-refractivity contribution is 0.409. The summed E-state index contributed by atoms with van der Waals surface area (Å²) in [4.78, 5) is 4.54. The maximum atomic E-state index is 6.20. The highest BCUT2D eigenvalue weighted by Gasteiger charge is 2.25. The number of para-hydroxylation sites is 1. The first-order chi connectivity index (χ1) is 7.59. The molecule has 0 saturated carbocycles. The van der Waals surface area contributed by atoms with Crippen molar-refractivity contribution in [3.8, 4) is 0 Å². The molecule has 0 radical (unpaired) electrons. The summed E-state index contributed by atoms with van der Waals surface area (Å²) in [5, 5.41) is 0.733. The maximum Gasteiger partial charge on any atom is 0.0789 e. The lowest BCUT2D eigenvalue weighted by atomic mass is 10.2. The Hall–Kier alpha value is -0.930. The number of benzene rings is 1. The Morgan fingerprint density at radius 1 is 1.50 bits per heavy atom. The Morgan fingerprint density at radius 3 is 2.81 bits per heavy atom. The van der Waals surface area contributed by atoms with E-state index in [2.05, 4.69) is 23.9 Å². The fourth-order valence-corrected chi connectivity index (χ4v) is 2.63. The average molecular weight is 240 g/mol. The molecule has 0 amide bonds. The van der Waals surface area contributed by atoms with Crippen molar-refractivity contribution in [2.45, 2.75) is 12.5 Å². The molecule has 2 rings (SSSR count). The van der Waals surface area contributed by atoms with Gasteiger partial charge in [0.15, 0.2) is 0 Å². The third-order valence-electron chi connectivity index (χ3n) is 3.28. The lowest BCUT2D eigenvalue weighted by Gasteiger charge is -2.28. The van der Waals surface area contributed by atoms with Crippen LogP contribution in [0.4, 0.5) is 11.4 Å². The van der Waals surface area contributed by atoms with Crippen molar-refractivity contribution in [1.29, 1.82) is 0 Å². The van der Waals surface area contributed by atoms with Gasteiger partial charge in [-0.15, -0.1) is 0 Å². The molecule has 1 fully saturated rings. The number of halogens is 1. The van der Waals surface area contributed by atoms with E-state index in [4.69, 9.17) is 17.3 Å². The van der Waals surface area contributed by atoms with Crippen molar-refractivity contribution in [2.24, 2.45) is 0 Å². The van der Waals surface area contributed by atoms with Crippen molar-refractivity contribution >= 4 is 23.0 Å². The molecule has 1 aliphatic heterocycles. The third kappa shape index (κ3) is 2.11. The van der Waals surface area contributed by atoms with E-state index in [0.717, 1.165) is 35.9 Å². The monoisotopic (exact) mass is 239 g/mol. The minimum Gasteiger partial charge on any atom is -0.397 e. The van der Waals surface area contributed by atoms with E-state index in [-0.39, 0.29) is 0 Å². The molecule has 1 heterocycles. The first kappa shape index (κ1) is 11.6. The van der Waals surface area contributed by atoms with E-state index < -0.39 is 0 Å². The van der Waals surface area contributed by atoms with Gasteiger partial charge >= 0.3 is 0 Å². The molecule has 4 heteroatoms. The first-order valence-electron chi connectivity index (χ1n) is 5.55. The molecule has 1 unspecified atom stereocenters. The molecule has 2 N–H and O–H groups in total. The standard InChI is InChI=1S/C12H18ClN3/c1-15-7-6-9(8-15)16(2)12-10(13)4-3-5-11(12)14/h3-5,9H,6-8,14H2,1-2H3. The summed E-state index contributed by atoms with van der Waals surface area (Å²) < 4.78 is 0. The van der Waals surface area contributed by atoms with Crippen molar-refractivity contribution in [1.82, 2.24) is 4.90 Å². The van der Waals surface area contributed by atoms with Gasteiger partial charge in [0.2, 0.25) is 0 Å². The summed E-state index contributed by atoms with van der Waals surface area (Å²) in [7, 11) is 4.21. The minimum atomic E-state index is 0.507. The van der Waals surface area contributed by atoms with E-state index in [1.807, 2.05) is 18.2 Å². The van der Waals surface area contributed by atoms with Crippen LogP contribution < -0.4 is 10.6 Å². The summed E-state index contributed by atoms with van der Waals surface area (Å²) in [5.74, 6) is 0. The smallest absolute Gasteiger partial charge is 0.0789 e. The van der Waals surface area contributed by atoms with E-state index in [1.165, 1.54) is 0 Å². The highest BCUT2D eigenvalue weighted by molar-refractivity contribution is 6.34. The number of nitrogens with two attached hydrogens (primary N) is 1. The van der Waals surface area contributed by atoms with Crippen LogP contribution in [0.15, 0.2) is 18.2 Å². The Kier molecular flexibility index (Phi) is 3.26. The summed E-state index contributed by atoms with van der Waals surface area (Å²) in [6.45, 7) is 2.21. The number of anilines is 2. The van der Waals surface area contributed by atoms with Crippen molar-refractivity contribution < 1.29 is 0 Å². The van der Waals surface area contributed by atoms with E-state index in [0.29, 0.717) is 6.04 Å². The van der Waals surface area contributed by atoms with E-state index >= 15 is 0 Å². The van der Waals surface area contributed by atoms with Gasteiger partial charge in [0.1, 0.15) is 0 Å². The second-order valence-corrected chi connectivity index (χ2v) is 4.90. The highest BCUT2D eigenvalue weighted by Crippen LogP contribution is 2.33. The number of hydrogen-bond donors (Lipinski definition) is 1. The molecule has 0 aromatic heterocycles. The summed E-state index contributed by atoms with van der Waals surface area (Å²) >= 11 is 6.20. The van der Waals surface area contributed by atoms with Gasteiger partial charge in [-0.05, 0) is 32.1 Å². The van der Waals surface area contributed by atoms with Crippen LogP contribution in [0, 0.1) is 0 Å². The summed E-state index contributed by atoms with van der Waals surface area (Å²) in [6, 6.07) is 6.18. The van der Waals surface area contributed by atoms with Crippen LogP contribution in [0.5, 0.6) is 0 Å². The Labute approximate surface area is 102 Å². The molecule has 16 heavy (non-hydrogen) atoms. The summed E-state index contributed by atoms with van der Waals surface area (Å²) in [5.41, 5.74) is 7.70.